The van der Waals surface area contributed by atoms with Gasteiger partial charge in [0.1, 0.15) is 0 Å². The number of benzene rings is 2. The van der Waals surface area contributed by atoms with E-state index < -0.39 is 11.5 Å². The smallest absolute Gasteiger partial charge is 0.264 e. The summed E-state index contributed by atoms with van der Waals surface area (Å²) in [5, 5.41) is 13.0. The number of hydrogen-bond donors (Lipinski definition) is 1. The summed E-state index contributed by atoms with van der Waals surface area (Å²) in [6.07, 6.45) is 3.56. The molecule has 4 rings (SSSR count). The van der Waals surface area contributed by atoms with E-state index in [0.717, 1.165) is 5.56 Å². The lowest BCUT2D eigenvalue weighted by Gasteiger charge is -2.21. The number of anilines is 1. The van der Waals surface area contributed by atoms with E-state index in [0.29, 0.717) is 22.7 Å². The van der Waals surface area contributed by atoms with Crippen molar-refractivity contribution in [2.45, 2.75) is 12.0 Å². The number of thiophene rings is 1. The molecule has 28 heavy (non-hydrogen) atoms. The number of carbonyl (C=O) groups excluding carboxylic acids is 2. The Morgan fingerprint density at radius 2 is 1.79 bits per heavy atom. The minimum atomic E-state index is -1.84. The third-order valence-electron chi connectivity index (χ3n) is 4.85. The summed E-state index contributed by atoms with van der Waals surface area (Å²) < 4.78 is 0. The van der Waals surface area contributed by atoms with Crippen LogP contribution in [0.4, 0.5) is 5.69 Å². The first-order valence-corrected chi connectivity index (χ1v) is 9.90. The van der Waals surface area contributed by atoms with Crippen LogP contribution in [-0.4, -0.2) is 23.3 Å². The lowest BCUT2D eigenvalue weighted by Crippen LogP contribution is -2.41. The van der Waals surface area contributed by atoms with Gasteiger partial charge < -0.3 is 10.0 Å². The van der Waals surface area contributed by atoms with Gasteiger partial charge in [-0.2, -0.15) is 0 Å². The minimum absolute atomic E-state index is 0.234. The van der Waals surface area contributed by atoms with Gasteiger partial charge in [0.05, 0.1) is 17.0 Å². The molecule has 1 atom stereocenters. The van der Waals surface area contributed by atoms with E-state index in [1.165, 1.54) is 16.2 Å². The predicted molar refractivity (Wildman–Crippen MR) is 111 cm³/mol. The highest BCUT2D eigenvalue weighted by molar-refractivity contribution is 7.12. The number of amides is 1. The lowest BCUT2D eigenvalue weighted by molar-refractivity contribution is -0.135. The van der Waals surface area contributed by atoms with E-state index in [1.54, 1.807) is 30.3 Å². The van der Waals surface area contributed by atoms with Crippen molar-refractivity contribution in [2.75, 3.05) is 11.4 Å². The van der Waals surface area contributed by atoms with Gasteiger partial charge in [-0.05, 0) is 23.1 Å². The molecule has 5 heteroatoms. The molecule has 1 N–H and O–H groups in total. The zero-order chi connectivity index (χ0) is 19.6. The Bertz CT molecular complexity index is 1030. The van der Waals surface area contributed by atoms with Crippen LogP contribution in [0.25, 0.3) is 6.08 Å². The second kappa shape index (κ2) is 7.54. The molecule has 0 saturated carbocycles. The van der Waals surface area contributed by atoms with E-state index >= 15 is 0 Å². The second-order valence-electron chi connectivity index (χ2n) is 6.68. The molecule has 140 valence electrons. The number of Topliss-reactive ketones (excluding diaryl/α,β-unsaturated/α-hetero) is 1. The predicted octanol–water partition coefficient (Wildman–Crippen LogP) is 4.27. The molecule has 2 aromatic carbocycles. The first-order valence-electron chi connectivity index (χ1n) is 9.02. The minimum Gasteiger partial charge on any atom is -0.375 e. The molecule has 0 bridgehead atoms. The summed E-state index contributed by atoms with van der Waals surface area (Å²) in [5.41, 5.74) is 0.327. The molecule has 1 aliphatic heterocycles. The zero-order valence-corrected chi connectivity index (χ0v) is 15.9. The van der Waals surface area contributed by atoms with Crippen LogP contribution in [0.2, 0.25) is 0 Å². The van der Waals surface area contributed by atoms with Crippen molar-refractivity contribution in [3.8, 4) is 0 Å². The van der Waals surface area contributed by atoms with Gasteiger partial charge in [-0.3, -0.25) is 9.59 Å². The van der Waals surface area contributed by atoms with E-state index in [1.807, 2.05) is 53.9 Å². The molecule has 1 aromatic heterocycles. The maximum absolute atomic E-state index is 13.1. The molecule has 1 aliphatic rings. The average Bonchev–Trinajstić information content (AvgIpc) is 3.32. The van der Waals surface area contributed by atoms with Crippen LogP contribution in [-0.2, 0) is 10.4 Å². The van der Waals surface area contributed by atoms with E-state index in [-0.39, 0.29) is 12.2 Å². The van der Waals surface area contributed by atoms with Gasteiger partial charge in [0.25, 0.3) is 5.91 Å². The molecular formula is C23H19NO3S. The Balaban J connectivity index is 1.60. The number of ketones is 1. The van der Waals surface area contributed by atoms with Gasteiger partial charge >= 0.3 is 0 Å². The second-order valence-corrected chi connectivity index (χ2v) is 7.63. The zero-order valence-electron chi connectivity index (χ0n) is 15.1. The number of aliphatic hydroxyl groups is 1. The van der Waals surface area contributed by atoms with Gasteiger partial charge in [-0.15, -0.1) is 11.3 Å². The fraction of sp³-hybridized carbons (Fsp3) is 0.130. The van der Waals surface area contributed by atoms with Crippen LogP contribution in [0, 0.1) is 0 Å². The van der Waals surface area contributed by atoms with Gasteiger partial charge in [-0.25, -0.2) is 0 Å². The van der Waals surface area contributed by atoms with Crippen LogP contribution in [0.3, 0.4) is 0 Å². The van der Waals surface area contributed by atoms with Crippen LogP contribution in [0.15, 0.2) is 78.2 Å². The van der Waals surface area contributed by atoms with Crippen LogP contribution in [0.5, 0.6) is 0 Å². The lowest BCUT2D eigenvalue weighted by atomic mass is 9.89. The topological polar surface area (TPSA) is 57.6 Å². The first kappa shape index (κ1) is 18.3. The Labute approximate surface area is 167 Å². The third kappa shape index (κ3) is 3.30. The van der Waals surface area contributed by atoms with Crippen LogP contribution >= 0.6 is 11.3 Å². The summed E-state index contributed by atoms with van der Waals surface area (Å²) in [6.45, 7) is 0.320. The van der Waals surface area contributed by atoms with Crippen molar-refractivity contribution in [1.82, 2.24) is 0 Å². The standard InChI is InChI=1S/C23H19NO3S/c25-20(21-13-7-15-28-21)16-23(27)18-11-4-5-12-19(18)24(22(23)26)14-6-10-17-8-2-1-3-9-17/h1-13,15,27H,14,16H2/b10-6+. The maximum Gasteiger partial charge on any atom is 0.264 e. The van der Waals surface area contributed by atoms with E-state index in [9.17, 15) is 14.7 Å². The highest BCUT2D eigenvalue weighted by Gasteiger charge is 2.50. The van der Waals surface area contributed by atoms with E-state index in [4.69, 9.17) is 0 Å². The Morgan fingerprint density at radius 3 is 2.54 bits per heavy atom. The number of fused-ring (bicyclic) bond motifs is 1. The largest absolute Gasteiger partial charge is 0.375 e. The number of rotatable bonds is 6. The summed E-state index contributed by atoms with van der Waals surface area (Å²) in [4.78, 5) is 27.8. The Morgan fingerprint density at radius 1 is 1.04 bits per heavy atom. The number of nitrogens with zero attached hydrogens (tertiary/aromatic N) is 1. The van der Waals surface area contributed by atoms with Crippen LogP contribution < -0.4 is 4.90 Å². The fourth-order valence-electron chi connectivity index (χ4n) is 3.47. The third-order valence-corrected chi connectivity index (χ3v) is 5.76. The quantitative estimate of drug-likeness (QED) is 0.641. The first-order chi connectivity index (χ1) is 13.6. The molecule has 3 aromatic rings. The van der Waals surface area contributed by atoms with Gasteiger partial charge in [0.15, 0.2) is 11.4 Å². The molecule has 0 aliphatic carbocycles. The molecule has 0 radical (unpaired) electrons. The Hall–Kier alpha value is -3.02. The Kier molecular flexibility index (Phi) is 4.94. The van der Waals surface area contributed by atoms with Gasteiger partial charge in [0, 0.05) is 12.1 Å². The molecule has 1 unspecified atom stereocenters. The van der Waals surface area contributed by atoms with Crippen molar-refractivity contribution < 1.29 is 14.7 Å². The highest BCUT2D eigenvalue weighted by Crippen LogP contribution is 2.42. The van der Waals surface area contributed by atoms with Crippen LogP contribution in [0.1, 0.15) is 27.2 Å². The molecule has 4 nitrogen and oxygen atoms in total. The van der Waals surface area contributed by atoms with Crippen molar-refractivity contribution in [1.29, 1.82) is 0 Å². The van der Waals surface area contributed by atoms with E-state index in [2.05, 4.69) is 0 Å². The maximum atomic E-state index is 13.1. The normalized spacial score (nSPS) is 18.6. The number of hydrogen-bond acceptors (Lipinski definition) is 4. The SMILES string of the molecule is O=C(CC1(O)C(=O)N(C/C=C/c2ccccc2)c2ccccc21)c1cccs1. The van der Waals surface area contributed by atoms with Crippen molar-refractivity contribution in [2.24, 2.45) is 0 Å². The molecule has 0 fully saturated rings. The molecule has 0 spiro atoms. The number of para-hydroxylation sites is 1. The van der Waals surface area contributed by atoms with Gasteiger partial charge in [0.2, 0.25) is 0 Å². The summed E-state index contributed by atoms with van der Waals surface area (Å²) in [7, 11) is 0. The van der Waals surface area contributed by atoms with Crippen molar-refractivity contribution in [3.05, 3.63) is 94.2 Å². The average molecular weight is 389 g/mol. The molecule has 1 amide bonds. The number of carbonyl (C=O) groups is 2. The molecular weight excluding hydrogens is 370 g/mol. The summed E-state index contributed by atoms with van der Waals surface area (Å²) in [5.74, 6) is -0.696. The van der Waals surface area contributed by atoms with Crippen molar-refractivity contribution in [3.63, 3.8) is 0 Å². The molecule has 0 saturated heterocycles. The van der Waals surface area contributed by atoms with Gasteiger partial charge in [-0.1, -0.05) is 66.7 Å². The fourth-order valence-corrected chi connectivity index (χ4v) is 4.14. The summed E-state index contributed by atoms with van der Waals surface area (Å²) in [6, 6.07) is 20.4. The molecule has 2 heterocycles. The summed E-state index contributed by atoms with van der Waals surface area (Å²) >= 11 is 1.31. The highest BCUT2D eigenvalue weighted by atomic mass is 32.1. The van der Waals surface area contributed by atoms with Crippen molar-refractivity contribution >= 4 is 34.8 Å². The monoisotopic (exact) mass is 389 g/mol.